The summed E-state index contributed by atoms with van der Waals surface area (Å²) >= 11 is 0. The summed E-state index contributed by atoms with van der Waals surface area (Å²) in [5.74, 6) is -21.4. The lowest BCUT2D eigenvalue weighted by atomic mass is 10.2. The quantitative estimate of drug-likeness (QED) is 0.244. The first kappa shape index (κ1) is 31.3. The number of hydrogen-bond donors (Lipinski definition) is 0. The van der Waals surface area contributed by atoms with Crippen molar-refractivity contribution >= 4 is 16.0 Å². The van der Waals surface area contributed by atoms with Gasteiger partial charge in [0.15, 0.2) is 0 Å². The molecular weight excluding hydrogens is 562 g/mol. The SMILES string of the molecule is O=C(C(F)(F)F)C(OC(F)(F)C(F)(F)C(F)(F)F)(OC(F)(F)C(F)(F)C(F)(F)F)S(=O)(=O)F. The van der Waals surface area contributed by atoms with Crippen LogP contribution >= 0.6 is 0 Å². The van der Waals surface area contributed by atoms with Crippen molar-refractivity contribution in [3.05, 3.63) is 0 Å². The minimum Gasteiger partial charge on any atom is -0.282 e. The Balaban J connectivity index is 7.34. The van der Waals surface area contributed by atoms with Crippen molar-refractivity contribution in [3.63, 3.8) is 0 Å². The second-order valence-electron chi connectivity index (χ2n) is 5.20. The number of rotatable bonds is 8. The molecule has 0 rings (SSSR count). The molecule has 5 nitrogen and oxygen atoms in total. The molecule has 0 amide bonds. The fraction of sp³-hybridized carbons (Fsp3) is 0.889. The molecule has 0 aromatic carbocycles. The summed E-state index contributed by atoms with van der Waals surface area (Å²) in [6, 6.07) is 0. The van der Waals surface area contributed by atoms with E-state index in [4.69, 9.17) is 0 Å². The van der Waals surface area contributed by atoms with E-state index in [0.717, 1.165) is 0 Å². The lowest BCUT2D eigenvalue weighted by Gasteiger charge is -2.38. The summed E-state index contributed by atoms with van der Waals surface area (Å²) in [6.45, 7) is 0. The van der Waals surface area contributed by atoms with Crippen molar-refractivity contribution in [1.82, 2.24) is 0 Å². The van der Waals surface area contributed by atoms with Gasteiger partial charge in [0, 0.05) is 0 Å². The van der Waals surface area contributed by atoms with Gasteiger partial charge in [0.2, 0.25) is 0 Å². The fourth-order valence-electron chi connectivity index (χ4n) is 1.29. The van der Waals surface area contributed by atoms with Gasteiger partial charge in [-0.3, -0.25) is 14.3 Å². The molecule has 0 fully saturated rings. The number of hydrogen-bond acceptors (Lipinski definition) is 5. The van der Waals surface area contributed by atoms with Gasteiger partial charge in [-0.1, -0.05) is 3.89 Å². The van der Waals surface area contributed by atoms with E-state index in [9.17, 15) is 91.7 Å². The Morgan fingerprint density at radius 3 is 0.939 bits per heavy atom. The van der Waals surface area contributed by atoms with Crippen LogP contribution in [0.4, 0.5) is 78.5 Å². The van der Waals surface area contributed by atoms with Gasteiger partial charge in [-0.25, -0.2) is 0 Å². The maximum Gasteiger partial charge on any atom is 0.462 e. The van der Waals surface area contributed by atoms with Gasteiger partial charge in [-0.05, 0) is 0 Å². The van der Waals surface area contributed by atoms with Crippen molar-refractivity contribution in [2.24, 2.45) is 0 Å². The van der Waals surface area contributed by atoms with Gasteiger partial charge >= 0.3 is 63.7 Å². The van der Waals surface area contributed by atoms with Gasteiger partial charge in [-0.15, -0.1) is 0 Å². The standard InChI is InChI=1S/C9F18O5S/c10-2(11,12)1(28)3(33(27,29)30,31-8(23,24)4(13,14)6(17,18)19)32-9(25,26)5(15,16)7(20,21)22. The maximum absolute atomic E-state index is 13.2. The summed E-state index contributed by atoms with van der Waals surface area (Å²) in [4.78, 5) is 10.9. The molecule has 0 radical (unpaired) electrons. The highest BCUT2D eigenvalue weighted by atomic mass is 32.3. The van der Waals surface area contributed by atoms with Gasteiger partial charge in [0.25, 0.3) is 0 Å². The van der Waals surface area contributed by atoms with Crippen LogP contribution in [0, 0.1) is 0 Å². The largest absolute Gasteiger partial charge is 0.462 e. The van der Waals surface area contributed by atoms with Crippen LogP contribution < -0.4 is 0 Å². The van der Waals surface area contributed by atoms with Crippen molar-refractivity contribution in [2.75, 3.05) is 0 Å². The van der Waals surface area contributed by atoms with Crippen LogP contribution in [-0.2, 0) is 24.5 Å². The zero-order valence-corrected chi connectivity index (χ0v) is 14.6. The number of Topliss-reactive ketones (excluding diaryl/α,β-unsaturated/α-hetero) is 1. The number of ketones is 1. The minimum atomic E-state index is -8.76. The Morgan fingerprint density at radius 1 is 0.545 bits per heavy atom. The lowest BCUT2D eigenvalue weighted by Crippen LogP contribution is -2.67. The summed E-state index contributed by atoms with van der Waals surface area (Å²) in [7, 11) is -8.76. The molecule has 0 atom stereocenters. The van der Waals surface area contributed by atoms with Crippen molar-refractivity contribution in [3.8, 4) is 0 Å². The molecule has 0 aromatic heterocycles. The van der Waals surface area contributed by atoms with E-state index >= 15 is 0 Å². The van der Waals surface area contributed by atoms with E-state index < -0.39 is 63.7 Å². The first-order chi connectivity index (χ1) is 13.8. The van der Waals surface area contributed by atoms with Crippen molar-refractivity contribution in [2.45, 2.75) is 47.7 Å². The van der Waals surface area contributed by atoms with Crippen molar-refractivity contribution < 1.29 is 101 Å². The number of halogens is 18. The van der Waals surface area contributed by atoms with E-state index in [2.05, 4.69) is 0 Å². The molecule has 24 heteroatoms. The molecule has 0 saturated carbocycles. The molecule has 0 aliphatic heterocycles. The Morgan fingerprint density at radius 2 is 0.788 bits per heavy atom. The number of ether oxygens (including phenoxy) is 2. The van der Waals surface area contributed by atoms with E-state index in [1.54, 1.807) is 0 Å². The van der Waals surface area contributed by atoms with Crippen LogP contribution in [0.3, 0.4) is 0 Å². The predicted molar refractivity (Wildman–Crippen MR) is 57.9 cm³/mol. The highest BCUT2D eigenvalue weighted by molar-refractivity contribution is 7.88. The molecular formula is C9F18O5S. The first-order valence-electron chi connectivity index (χ1n) is 6.43. The van der Waals surface area contributed by atoms with Crippen LogP contribution in [0.25, 0.3) is 0 Å². The van der Waals surface area contributed by atoms with Crippen LogP contribution in [0.15, 0.2) is 0 Å². The molecule has 33 heavy (non-hydrogen) atoms. The summed E-state index contributed by atoms with van der Waals surface area (Å²) in [5, 5.41) is -7.72. The maximum atomic E-state index is 13.2. The third-order valence-electron chi connectivity index (χ3n) is 2.82. The minimum absolute atomic E-state index is 1.47. The average molecular weight is 562 g/mol. The van der Waals surface area contributed by atoms with Crippen LogP contribution in [0.5, 0.6) is 0 Å². The molecule has 0 aliphatic rings. The smallest absolute Gasteiger partial charge is 0.282 e. The van der Waals surface area contributed by atoms with Crippen molar-refractivity contribution in [1.29, 1.82) is 0 Å². The summed E-state index contributed by atoms with van der Waals surface area (Å²) in [6.07, 6.45) is -39.2. The second-order valence-corrected chi connectivity index (χ2v) is 6.62. The highest BCUT2D eigenvalue weighted by Crippen LogP contribution is 2.54. The zero-order chi connectivity index (χ0) is 27.5. The van der Waals surface area contributed by atoms with Crippen LogP contribution in [-0.4, -0.2) is 61.9 Å². The predicted octanol–water partition coefficient (Wildman–Crippen LogP) is 4.68. The second kappa shape index (κ2) is 7.91. The van der Waals surface area contributed by atoms with E-state index in [1.807, 2.05) is 0 Å². The number of carbonyl (C=O) groups excluding carboxylic acids is 1. The van der Waals surface area contributed by atoms with E-state index in [0.29, 0.717) is 0 Å². The lowest BCUT2D eigenvalue weighted by molar-refractivity contribution is -0.490. The number of alkyl halides is 17. The first-order valence-corrected chi connectivity index (χ1v) is 7.81. The normalized spacial score (nSPS) is 16.2. The third-order valence-corrected chi connectivity index (χ3v) is 3.82. The van der Waals surface area contributed by atoms with Gasteiger partial charge in [0.05, 0.1) is 0 Å². The monoisotopic (exact) mass is 562 g/mol. The fourth-order valence-corrected chi connectivity index (χ4v) is 2.04. The average Bonchev–Trinajstić information content (AvgIpc) is 2.48. The van der Waals surface area contributed by atoms with Crippen LogP contribution in [0.1, 0.15) is 0 Å². The molecule has 0 spiro atoms. The van der Waals surface area contributed by atoms with Gasteiger partial charge in [0.1, 0.15) is 0 Å². The van der Waals surface area contributed by atoms with Crippen LogP contribution in [0.2, 0.25) is 0 Å². The van der Waals surface area contributed by atoms with E-state index in [1.165, 1.54) is 9.47 Å². The zero-order valence-electron chi connectivity index (χ0n) is 13.8. The Labute approximate surface area is 166 Å². The summed E-state index contributed by atoms with van der Waals surface area (Å²) < 4.78 is 251. The highest BCUT2D eigenvalue weighted by Gasteiger charge is 2.83. The Kier molecular flexibility index (Phi) is 7.50. The molecule has 0 aromatic rings. The molecule has 0 saturated heterocycles. The molecule has 0 heterocycles. The van der Waals surface area contributed by atoms with E-state index in [-0.39, 0.29) is 0 Å². The molecule has 0 bridgehead atoms. The molecule has 0 N–H and O–H groups in total. The van der Waals surface area contributed by atoms with Gasteiger partial charge in [-0.2, -0.15) is 83.1 Å². The van der Waals surface area contributed by atoms with Gasteiger partial charge < -0.3 is 0 Å². The molecule has 0 aliphatic carbocycles. The number of carbonyl (C=O) groups is 1. The Bertz CT molecular complexity index is 808. The molecule has 0 unspecified atom stereocenters. The Hall–Kier alpha value is -1.72. The topological polar surface area (TPSA) is 69.7 Å². The third kappa shape index (κ3) is 5.35. The summed E-state index contributed by atoms with van der Waals surface area (Å²) in [5.41, 5.74) is 0. The molecule has 198 valence electrons.